The van der Waals surface area contributed by atoms with E-state index in [1.54, 1.807) is 12.2 Å². The number of nitrogens with zero attached hydrogens (tertiary/aromatic N) is 2. The molecule has 1 aliphatic carbocycles. The molecule has 192 valence electrons. The van der Waals surface area contributed by atoms with Gasteiger partial charge in [0.05, 0.1) is 13.2 Å². The second kappa shape index (κ2) is 13.0. The van der Waals surface area contributed by atoms with Crippen molar-refractivity contribution in [2.45, 2.75) is 25.8 Å². The van der Waals surface area contributed by atoms with Gasteiger partial charge in [-0.2, -0.15) is 0 Å². The molecule has 0 aromatic heterocycles. The van der Waals surface area contributed by atoms with Gasteiger partial charge >= 0.3 is 0 Å². The molecular weight excluding hydrogens is 458 g/mol. The maximum Gasteiger partial charge on any atom is 0.246 e. The number of benzene rings is 2. The summed E-state index contributed by atoms with van der Waals surface area (Å²) >= 11 is 0. The molecule has 1 aliphatic heterocycles. The summed E-state index contributed by atoms with van der Waals surface area (Å²) in [7, 11) is 0. The number of para-hydroxylation sites is 1. The lowest BCUT2D eigenvalue weighted by Gasteiger charge is -2.33. The molecule has 0 atom stereocenters. The van der Waals surface area contributed by atoms with Crippen LogP contribution in [-0.2, 0) is 9.59 Å². The highest BCUT2D eigenvalue weighted by Crippen LogP contribution is 2.29. The molecule has 2 aliphatic rings. The van der Waals surface area contributed by atoms with Crippen LogP contribution in [0, 0.1) is 0 Å². The predicted octanol–water partition coefficient (Wildman–Crippen LogP) is 2.98. The first-order valence-corrected chi connectivity index (χ1v) is 12.7. The van der Waals surface area contributed by atoms with Gasteiger partial charge in [0, 0.05) is 38.3 Å². The van der Waals surface area contributed by atoms with Crippen molar-refractivity contribution < 1.29 is 23.8 Å². The monoisotopic (exact) mass is 493 g/mol. The molecular formula is C28H35N3O5. The fraction of sp³-hybridized carbons (Fsp3) is 0.429. The first-order valence-electron chi connectivity index (χ1n) is 12.7. The van der Waals surface area contributed by atoms with E-state index >= 15 is 0 Å². The number of carbonyl (C=O) groups excluding carboxylic acids is 2. The Labute approximate surface area is 212 Å². The minimum Gasteiger partial charge on any atom is -0.490 e. The molecule has 0 spiro atoms. The zero-order chi connectivity index (χ0) is 25.2. The molecule has 4 rings (SSSR count). The highest BCUT2D eigenvalue weighted by Gasteiger charge is 2.25. The normalized spacial score (nSPS) is 16.1. The van der Waals surface area contributed by atoms with Gasteiger partial charge in [0.1, 0.15) is 19.0 Å². The van der Waals surface area contributed by atoms with Crippen LogP contribution in [0.2, 0.25) is 0 Å². The number of ether oxygens (including phenoxy) is 3. The molecule has 1 saturated carbocycles. The zero-order valence-electron chi connectivity index (χ0n) is 20.9. The van der Waals surface area contributed by atoms with Gasteiger partial charge in [-0.1, -0.05) is 24.3 Å². The number of piperazine rings is 1. The lowest BCUT2D eigenvalue weighted by molar-refractivity contribution is -0.128. The molecule has 1 heterocycles. The Morgan fingerprint density at radius 3 is 2.42 bits per heavy atom. The Morgan fingerprint density at radius 1 is 0.944 bits per heavy atom. The van der Waals surface area contributed by atoms with E-state index in [1.165, 1.54) is 0 Å². The molecule has 1 N–H and O–H groups in total. The summed E-state index contributed by atoms with van der Waals surface area (Å²) in [4.78, 5) is 28.6. The third-order valence-corrected chi connectivity index (χ3v) is 6.03. The molecule has 0 bridgehead atoms. The first kappa shape index (κ1) is 25.6. The molecule has 36 heavy (non-hydrogen) atoms. The van der Waals surface area contributed by atoms with Crippen molar-refractivity contribution in [1.82, 2.24) is 15.1 Å². The average Bonchev–Trinajstić information content (AvgIpc) is 3.71. The molecule has 8 nitrogen and oxygen atoms in total. The quantitative estimate of drug-likeness (QED) is 0.362. The van der Waals surface area contributed by atoms with Gasteiger partial charge in [0.2, 0.25) is 11.8 Å². The van der Waals surface area contributed by atoms with E-state index in [9.17, 15) is 9.59 Å². The second-order valence-corrected chi connectivity index (χ2v) is 8.93. The lowest BCUT2D eigenvalue weighted by atomic mass is 10.1. The minimum absolute atomic E-state index is 0.0339. The van der Waals surface area contributed by atoms with Crippen LogP contribution in [0.25, 0.3) is 6.08 Å². The number of hydrogen-bond donors (Lipinski definition) is 1. The average molecular weight is 494 g/mol. The van der Waals surface area contributed by atoms with Crippen LogP contribution in [0.3, 0.4) is 0 Å². The number of hydrogen-bond acceptors (Lipinski definition) is 6. The predicted molar refractivity (Wildman–Crippen MR) is 138 cm³/mol. The maximum atomic E-state index is 12.7. The van der Waals surface area contributed by atoms with Crippen LogP contribution < -0.4 is 19.5 Å². The number of amides is 2. The smallest absolute Gasteiger partial charge is 0.246 e. The van der Waals surface area contributed by atoms with Crippen molar-refractivity contribution in [3.8, 4) is 17.2 Å². The van der Waals surface area contributed by atoms with E-state index < -0.39 is 0 Å². The second-order valence-electron chi connectivity index (χ2n) is 8.93. The molecule has 0 unspecified atom stereocenters. The summed E-state index contributed by atoms with van der Waals surface area (Å²) in [6.45, 7) is 6.26. The fourth-order valence-corrected chi connectivity index (χ4v) is 3.95. The van der Waals surface area contributed by atoms with E-state index in [0.717, 1.165) is 24.2 Å². The summed E-state index contributed by atoms with van der Waals surface area (Å²) in [6, 6.07) is 15.6. The van der Waals surface area contributed by atoms with Crippen LogP contribution in [-0.4, -0.2) is 80.2 Å². The summed E-state index contributed by atoms with van der Waals surface area (Å²) in [5.74, 6) is 2.12. The SMILES string of the molecule is CCOc1cc(/C=C/C(=O)N2CCN(CC(=O)NC3CC3)CC2)ccc1OCCOc1ccccc1. The van der Waals surface area contributed by atoms with Crippen LogP contribution >= 0.6 is 0 Å². The molecule has 2 amide bonds. The van der Waals surface area contributed by atoms with Crippen molar-refractivity contribution >= 4 is 17.9 Å². The first-order chi connectivity index (χ1) is 17.6. The number of rotatable bonds is 12. The van der Waals surface area contributed by atoms with Crippen LogP contribution in [0.15, 0.2) is 54.6 Å². The third-order valence-electron chi connectivity index (χ3n) is 6.03. The fourth-order valence-electron chi connectivity index (χ4n) is 3.95. The summed E-state index contributed by atoms with van der Waals surface area (Å²) in [5, 5.41) is 3.01. The molecule has 8 heteroatoms. The van der Waals surface area contributed by atoms with Crippen molar-refractivity contribution in [3.63, 3.8) is 0 Å². The topological polar surface area (TPSA) is 80.3 Å². The maximum absolute atomic E-state index is 12.7. The van der Waals surface area contributed by atoms with E-state index in [4.69, 9.17) is 14.2 Å². The highest BCUT2D eigenvalue weighted by molar-refractivity contribution is 5.92. The summed E-state index contributed by atoms with van der Waals surface area (Å²) in [5.41, 5.74) is 0.857. The third kappa shape index (κ3) is 8.02. The zero-order valence-corrected chi connectivity index (χ0v) is 20.9. The molecule has 2 fully saturated rings. The van der Waals surface area contributed by atoms with Crippen molar-refractivity contribution in [1.29, 1.82) is 0 Å². The molecule has 0 radical (unpaired) electrons. The van der Waals surface area contributed by atoms with Gasteiger partial charge in [0.25, 0.3) is 0 Å². The van der Waals surface area contributed by atoms with Gasteiger partial charge < -0.3 is 24.4 Å². The highest BCUT2D eigenvalue weighted by atomic mass is 16.5. The number of nitrogens with one attached hydrogen (secondary N) is 1. The van der Waals surface area contributed by atoms with Crippen molar-refractivity contribution in [2.75, 3.05) is 52.5 Å². The van der Waals surface area contributed by atoms with Crippen LogP contribution in [0.4, 0.5) is 0 Å². The van der Waals surface area contributed by atoms with E-state index in [2.05, 4.69) is 10.2 Å². The van der Waals surface area contributed by atoms with Gasteiger partial charge in [-0.15, -0.1) is 0 Å². The van der Waals surface area contributed by atoms with E-state index in [1.807, 2.05) is 60.4 Å². The van der Waals surface area contributed by atoms with E-state index in [0.29, 0.717) is 70.1 Å². The Balaban J connectivity index is 1.23. The Morgan fingerprint density at radius 2 is 1.69 bits per heavy atom. The largest absolute Gasteiger partial charge is 0.490 e. The number of carbonyl (C=O) groups is 2. The van der Waals surface area contributed by atoms with Gasteiger partial charge in [-0.05, 0) is 55.7 Å². The molecule has 1 saturated heterocycles. The Hall–Kier alpha value is -3.52. The Kier molecular flexibility index (Phi) is 9.21. The molecule has 2 aromatic carbocycles. The van der Waals surface area contributed by atoms with Gasteiger partial charge in [-0.3, -0.25) is 14.5 Å². The Bertz CT molecular complexity index is 1030. The van der Waals surface area contributed by atoms with E-state index in [-0.39, 0.29) is 11.8 Å². The standard InChI is InChI=1S/C28H35N3O5/c1-2-34-26-20-22(8-12-25(26)36-19-18-35-24-6-4-3-5-7-24)9-13-28(33)31-16-14-30(15-17-31)21-27(32)29-23-10-11-23/h3-9,12-13,20,23H,2,10-11,14-19,21H2,1H3,(H,29,32)/b13-9+. The van der Waals surface area contributed by atoms with Gasteiger partial charge in [-0.25, -0.2) is 0 Å². The summed E-state index contributed by atoms with van der Waals surface area (Å²) < 4.78 is 17.3. The van der Waals surface area contributed by atoms with Gasteiger partial charge in [0.15, 0.2) is 11.5 Å². The summed E-state index contributed by atoms with van der Waals surface area (Å²) in [6.07, 6.45) is 5.56. The van der Waals surface area contributed by atoms with Crippen LogP contribution in [0.1, 0.15) is 25.3 Å². The van der Waals surface area contributed by atoms with Crippen molar-refractivity contribution in [2.24, 2.45) is 0 Å². The minimum atomic E-state index is -0.0339. The van der Waals surface area contributed by atoms with Crippen LogP contribution in [0.5, 0.6) is 17.2 Å². The van der Waals surface area contributed by atoms with Crippen molar-refractivity contribution in [3.05, 3.63) is 60.2 Å². The lowest BCUT2D eigenvalue weighted by Crippen LogP contribution is -2.51. The molecule has 2 aromatic rings.